The number of esters is 1. The van der Waals surface area contributed by atoms with E-state index < -0.39 is 17.7 Å². The van der Waals surface area contributed by atoms with Gasteiger partial charge in [-0.3, -0.25) is 0 Å². The van der Waals surface area contributed by atoms with Gasteiger partial charge in [-0.15, -0.1) is 12.6 Å². The van der Waals surface area contributed by atoms with Crippen LogP contribution in [-0.2, 0) is 23.7 Å². The summed E-state index contributed by atoms with van der Waals surface area (Å²) < 4.78 is 19.0. The molecule has 0 saturated heterocycles. The van der Waals surface area contributed by atoms with Gasteiger partial charge in [0, 0.05) is 7.11 Å². The second kappa shape index (κ2) is 10.8. The Bertz CT molecular complexity index is 202. The maximum absolute atomic E-state index is 11.1. The van der Waals surface area contributed by atoms with E-state index in [-0.39, 0.29) is 33.0 Å². The van der Waals surface area contributed by atoms with Crippen LogP contribution in [0.1, 0.15) is 0 Å². The van der Waals surface area contributed by atoms with E-state index in [9.17, 15) is 9.90 Å². The maximum Gasteiger partial charge on any atom is 0.347 e. The molecule has 102 valence electrons. The molecule has 0 amide bonds. The molecule has 2 unspecified atom stereocenters. The van der Waals surface area contributed by atoms with E-state index in [4.69, 9.17) is 14.6 Å². The van der Waals surface area contributed by atoms with Gasteiger partial charge in [0.25, 0.3) is 0 Å². The van der Waals surface area contributed by atoms with Gasteiger partial charge in [-0.1, -0.05) is 0 Å². The number of ether oxygens (including phenoxy) is 4. The Hall–Kier alpha value is -0.380. The number of hydrogen-bond acceptors (Lipinski definition) is 8. The monoisotopic (exact) mass is 270 g/mol. The molecular formula is C9H18O7S. The Balaban J connectivity index is 3.46. The highest BCUT2D eigenvalue weighted by Gasteiger charge is 2.18. The van der Waals surface area contributed by atoms with Crippen molar-refractivity contribution in [3.05, 3.63) is 0 Å². The molecule has 0 saturated carbocycles. The third-order valence-corrected chi connectivity index (χ3v) is 1.97. The van der Waals surface area contributed by atoms with Crippen molar-refractivity contribution in [2.24, 2.45) is 0 Å². The molecule has 0 aromatic heterocycles. The number of aliphatic hydroxyl groups excluding tert-OH is 2. The number of hydrogen-bond donors (Lipinski definition) is 3. The van der Waals surface area contributed by atoms with Crippen LogP contribution in [0, 0.1) is 0 Å². The molecule has 0 heterocycles. The Morgan fingerprint density at radius 2 is 1.94 bits per heavy atom. The molecule has 0 aliphatic heterocycles. The number of aliphatic hydroxyl groups is 2. The van der Waals surface area contributed by atoms with E-state index in [1.54, 1.807) is 0 Å². The molecule has 2 N–H and O–H groups in total. The van der Waals surface area contributed by atoms with Crippen molar-refractivity contribution in [2.45, 2.75) is 11.7 Å². The van der Waals surface area contributed by atoms with Crippen molar-refractivity contribution < 1.29 is 34.0 Å². The summed E-state index contributed by atoms with van der Waals surface area (Å²) >= 11 is 3.76. The van der Waals surface area contributed by atoms with Gasteiger partial charge in [0.1, 0.15) is 6.61 Å². The zero-order valence-corrected chi connectivity index (χ0v) is 10.5. The van der Waals surface area contributed by atoms with Crippen molar-refractivity contribution in [3.63, 3.8) is 0 Å². The highest BCUT2D eigenvalue weighted by molar-refractivity contribution is 7.81. The molecule has 0 spiro atoms. The molecule has 0 bridgehead atoms. The minimum atomic E-state index is -1.37. The summed E-state index contributed by atoms with van der Waals surface area (Å²) in [5.74, 6) is -0.788. The predicted molar refractivity (Wildman–Crippen MR) is 60.6 cm³/mol. The number of carbonyl (C=O) groups excluding carboxylic acids is 1. The van der Waals surface area contributed by atoms with Crippen LogP contribution in [-0.4, -0.2) is 68.1 Å². The quantitative estimate of drug-likeness (QED) is 0.198. The fourth-order valence-corrected chi connectivity index (χ4v) is 0.852. The first kappa shape index (κ1) is 16.6. The van der Waals surface area contributed by atoms with E-state index >= 15 is 0 Å². The summed E-state index contributed by atoms with van der Waals surface area (Å²) in [6.45, 7) is 0.521. The van der Waals surface area contributed by atoms with Crippen molar-refractivity contribution in [2.75, 3.05) is 40.1 Å². The van der Waals surface area contributed by atoms with Crippen molar-refractivity contribution in [3.8, 4) is 0 Å². The van der Waals surface area contributed by atoms with Crippen molar-refractivity contribution >= 4 is 18.6 Å². The normalized spacial score (nSPS) is 14.4. The van der Waals surface area contributed by atoms with E-state index in [1.807, 2.05) is 0 Å². The van der Waals surface area contributed by atoms with Crippen LogP contribution in [0.15, 0.2) is 0 Å². The molecule has 8 heteroatoms. The third-order valence-electron chi connectivity index (χ3n) is 1.55. The van der Waals surface area contributed by atoms with E-state index in [0.717, 1.165) is 0 Å². The molecule has 0 aromatic rings. The largest absolute Gasteiger partial charge is 0.431 e. The first-order valence-electron chi connectivity index (χ1n) is 4.97. The van der Waals surface area contributed by atoms with Crippen LogP contribution in [0.25, 0.3) is 0 Å². The van der Waals surface area contributed by atoms with E-state index in [0.29, 0.717) is 0 Å². The Labute approximate surface area is 105 Å². The van der Waals surface area contributed by atoms with Gasteiger partial charge in [-0.05, 0) is 0 Å². The fraction of sp³-hybridized carbons (Fsp3) is 0.889. The number of rotatable bonds is 10. The lowest BCUT2D eigenvalue weighted by Gasteiger charge is -2.14. The molecule has 17 heavy (non-hydrogen) atoms. The fourth-order valence-electron chi connectivity index (χ4n) is 0.791. The number of carbonyl (C=O) groups is 1. The van der Waals surface area contributed by atoms with E-state index in [2.05, 4.69) is 22.1 Å². The Morgan fingerprint density at radius 3 is 2.53 bits per heavy atom. The SMILES string of the molecule is COC(S)C(=O)OC(O)COCCOCCO. The molecule has 0 rings (SSSR count). The first-order valence-corrected chi connectivity index (χ1v) is 5.49. The van der Waals surface area contributed by atoms with Gasteiger partial charge in [-0.25, -0.2) is 4.79 Å². The van der Waals surface area contributed by atoms with E-state index in [1.165, 1.54) is 7.11 Å². The second-order valence-corrected chi connectivity index (χ2v) is 3.36. The molecule has 0 aromatic carbocycles. The minimum Gasteiger partial charge on any atom is -0.431 e. The third kappa shape index (κ3) is 9.33. The van der Waals surface area contributed by atoms with Crippen LogP contribution in [0.5, 0.6) is 0 Å². The molecule has 2 atom stereocenters. The molecule has 7 nitrogen and oxygen atoms in total. The lowest BCUT2D eigenvalue weighted by Crippen LogP contribution is -2.29. The van der Waals surface area contributed by atoms with Gasteiger partial charge in [0.05, 0.1) is 26.4 Å². The van der Waals surface area contributed by atoms with Crippen molar-refractivity contribution in [1.82, 2.24) is 0 Å². The topological polar surface area (TPSA) is 94.5 Å². The second-order valence-electron chi connectivity index (χ2n) is 2.89. The van der Waals surface area contributed by atoms with Crippen molar-refractivity contribution in [1.29, 1.82) is 0 Å². The zero-order chi connectivity index (χ0) is 13.1. The highest BCUT2D eigenvalue weighted by atomic mass is 32.1. The van der Waals surface area contributed by atoms with Gasteiger partial charge < -0.3 is 29.2 Å². The van der Waals surface area contributed by atoms with Crippen LogP contribution in [0.3, 0.4) is 0 Å². The predicted octanol–water partition coefficient (Wildman–Crippen LogP) is -1.22. The summed E-state index contributed by atoms with van der Waals surface area (Å²) in [5.41, 5.74) is -1.03. The van der Waals surface area contributed by atoms with Crippen LogP contribution in [0.2, 0.25) is 0 Å². The minimum absolute atomic E-state index is 0.0550. The van der Waals surface area contributed by atoms with Gasteiger partial charge in [-0.2, -0.15) is 0 Å². The summed E-state index contributed by atoms with van der Waals surface area (Å²) in [4.78, 5) is 11.1. The average molecular weight is 270 g/mol. The summed E-state index contributed by atoms with van der Waals surface area (Å²) in [6, 6.07) is 0. The van der Waals surface area contributed by atoms with Gasteiger partial charge >= 0.3 is 5.97 Å². The average Bonchev–Trinajstić information content (AvgIpc) is 2.32. The van der Waals surface area contributed by atoms with Crippen LogP contribution < -0.4 is 0 Å². The Morgan fingerprint density at radius 1 is 1.29 bits per heavy atom. The summed E-state index contributed by atoms with van der Waals surface area (Å²) in [5, 5.41) is 17.6. The van der Waals surface area contributed by atoms with Gasteiger partial charge in [0.2, 0.25) is 6.29 Å². The first-order chi connectivity index (χ1) is 8.11. The highest BCUT2D eigenvalue weighted by Crippen LogP contribution is 2.01. The molecule has 0 fully saturated rings. The van der Waals surface area contributed by atoms with Crippen LogP contribution in [0.4, 0.5) is 0 Å². The standard InChI is InChI=1S/C9H18O7S/c1-13-9(17)8(12)16-7(11)6-15-5-4-14-3-2-10/h7,9-11,17H,2-6H2,1H3. The zero-order valence-electron chi connectivity index (χ0n) is 9.57. The lowest BCUT2D eigenvalue weighted by atomic mass is 10.6. The number of methoxy groups -OCH3 is 1. The smallest absolute Gasteiger partial charge is 0.347 e. The lowest BCUT2D eigenvalue weighted by molar-refractivity contribution is -0.183. The maximum atomic E-state index is 11.1. The Kier molecular flexibility index (Phi) is 10.5. The molecule has 0 aliphatic carbocycles. The van der Waals surface area contributed by atoms with Crippen LogP contribution >= 0.6 is 12.6 Å². The number of thiol groups is 1. The molecule has 0 aliphatic rings. The molecule has 0 radical (unpaired) electrons. The summed E-state index contributed by atoms with van der Waals surface area (Å²) in [6.07, 6.45) is -1.37. The van der Waals surface area contributed by atoms with Gasteiger partial charge in [0.15, 0.2) is 5.44 Å². The molecular weight excluding hydrogens is 252 g/mol. The summed E-state index contributed by atoms with van der Waals surface area (Å²) in [7, 11) is 1.29.